The summed E-state index contributed by atoms with van der Waals surface area (Å²) in [5.41, 5.74) is 0. The van der Waals surface area contributed by atoms with Crippen molar-refractivity contribution in [2.24, 2.45) is 0 Å². The first-order valence-corrected chi connectivity index (χ1v) is 5.10. The van der Waals surface area contributed by atoms with Crippen molar-refractivity contribution in [3.63, 3.8) is 0 Å². The lowest BCUT2D eigenvalue weighted by atomic mass is 10.1. The molecule has 0 aliphatic carbocycles. The predicted octanol–water partition coefficient (Wildman–Crippen LogP) is -0.995. The number of aliphatic hydroxyl groups is 2. The highest BCUT2D eigenvalue weighted by atomic mass is 16.8. The Bertz CT molecular complexity index is 269. The largest absolute Gasteiger partial charge is 0.508 e. The van der Waals surface area contributed by atoms with Crippen LogP contribution in [0.3, 0.4) is 0 Å². The van der Waals surface area contributed by atoms with Crippen molar-refractivity contribution in [1.29, 1.82) is 0 Å². The molecule has 5 atom stereocenters. The van der Waals surface area contributed by atoms with Crippen LogP contribution in [-0.4, -0.2) is 60.3 Å². The van der Waals surface area contributed by atoms with Gasteiger partial charge in [0.05, 0.1) is 0 Å². The zero-order valence-corrected chi connectivity index (χ0v) is 8.74. The van der Waals surface area contributed by atoms with Crippen molar-refractivity contribution in [2.75, 3.05) is 13.2 Å². The highest BCUT2D eigenvalue weighted by Crippen LogP contribution is 2.27. The molecule has 7 heteroatoms. The lowest BCUT2D eigenvalue weighted by Crippen LogP contribution is -2.40. The number of rotatable bonds is 3. The van der Waals surface area contributed by atoms with Gasteiger partial charge in [-0.2, -0.15) is 0 Å². The fraction of sp³-hybridized carbons (Fsp3) is 0.889. The summed E-state index contributed by atoms with van der Waals surface area (Å²) in [5.74, 6) is 0. The van der Waals surface area contributed by atoms with Gasteiger partial charge in [-0.15, -0.1) is 0 Å². The summed E-state index contributed by atoms with van der Waals surface area (Å²) in [6, 6.07) is 0. The Hall–Kier alpha value is -0.890. The SMILES string of the molecule is CCOC1OC(C2COC(=O)O2)C(O)C1O. The topological polar surface area (TPSA) is 94.5 Å². The molecule has 0 saturated carbocycles. The van der Waals surface area contributed by atoms with E-state index >= 15 is 0 Å². The van der Waals surface area contributed by atoms with Gasteiger partial charge in [0, 0.05) is 6.61 Å². The molecule has 92 valence electrons. The standard InChI is InChI=1S/C9H14O7/c1-2-13-8-6(11)5(10)7(16-8)4-3-14-9(12)15-4/h4-8,10-11H,2-3H2,1H3. The number of carbonyl (C=O) groups excluding carboxylic acids is 1. The van der Waals surface area contributed by atoms with Crippen LogP contribution < -0.4 is 0 Å². The molecular weight excluding hydrogens is 220 g/mol. The van der Waals surface area contributed by atoms with Crippen LogP contribution in [0.25, 0.3) is 0 Å². The molecule has 0 aromatic heterocycles. The summed E-state index contributed by atoms with van der Waals surface area (Å²) in [4.78, 5) is 10.7. The number of hydrogen-bond acceptors (Lipinski definition) is 7. The highest BCUT2D eigenvalue weighted by Gasteiger charge is 2.50. The van der Waals surface area contributed by atoms with E-state index in [9.17, 15) is 15.0 Å². The third-order valence-corrected chi connectivity index (χ3v) is 2.57. The maximum Gasteiger partial charge on any atom is 0.508 e. The molecule has 0 spiro atoms. The molecule has 0 bridgehead atoms. The van der Waals surface area contributed by atoms with Crippen LogP contribution >= 0.6 is 0 Å². The van der Waals surface area contributed by atoms with E-state index in [1.54, 1.807) is 6.92 Å². The van der Waals surface area contributed by atoms with Gasteiger partial charge in [-0.1, -0.05) is 0 Å². The third-order valence-electron chi connectivity index (χ3n) is 2.57. The van der Waals surface area contributed by atoms with Gasteiger partial charge in [0.2, 0.25) is 0 Å². The van der Waals surface area contributed by atoms with Crippen molar-refractivity contribution in [1.82, 2.24) is 0 Å². The smallest absolute Gasteiger partial charge is 0.430 e. The second-order valence-corrected chi connectivity index (χ2v) is 3.62. The first-order chi connectivity index (χ1) is 7.63. The fourth-order valence-electron chi connectivity index (χ4n) is 1.78. The molecular formula is C9H14O7. The number of hydrogen-bond donors (Lipinski definition) is 2. The minimum absolute atomic E-state index is 0.00608. The molecule has 0 aromatic carbocycles. The van der Waals surface area contributed by atoms with Crippen molar-refractivity contribution in [2.45, 2.75) is 37.6 Å². The predicted molar refractivity (Wildman–Crippen MR) is 48.5 cm³/mol. The van der Waals surface area contributed by atoms with Gasteiger partial charge in [0.15, 0.2) is 12.4 Å². The van der Waals surface area contributed by atoms with Crippen molar-refractivity contribution >= 4 is 6.16 Å². The first-order valence-electron chi connectivity index (χ1n) is 5.10. The van der Waals surface area contributed by atoms with E-state index in [1.165, 1.54) is 0 Å². The van der Waals surface area contributed by atoms with Crippen LogP contribution in [0.2, 0.25) is 0 Å². The minimum Gasteiger partial charge on any atom is -0.430 e. The Morgan fingerprint density at radius 3 is 2.75 bits per heavy atom. The van der Waals surface area contributed by atoms with Gasteiger partial charge in [-0.25, -0.2) is 4.79 Å². The maximum atomic E-state index is 10.7. The van der Waals surface area contributed by atoms with Crippen LogP contribution in [0, 0.1) is 0 Å². The van der Waals surface area contributed by atoms with Crippen LogP contribution in [0.1, 0.15) is 6.92 Å². The molecule has 16 heavy (non-hydrogen) atoms. The average molecular weight is 234 g/mol. The molecule has 0 aromatic rings. The zero-order chi connectivity index (χ0) is 11.7. The van der Waals surface area contributed by atoms with E-state index in [0.29, 0.717) is 6.61 Å². The molecule has 2 N–H and O–H groups in total. The molecule has 2 fully saturated rings. The molecule has 7 nitrogen and oxygen atoms in total. The van der Waals surface area contributed by atoms with Crippen LogP contribution in [-0.2, 0) is 18.9 Å². The Labute approximate surface area is 91.9 Å². The number of ether oxygens (including phenoxy) is 4. The van der Waals surface area contributed by atoms with Crippen molar-refractivity contribution in [3.8, 4) is 0 Å². The van der Waals surface area contributed by atoms with Gasteiger partial charge in [-0.05, 0) is 6.92 Å². The summed E-state index contributed by atoms with van der Waals surface area (Å²) in [7, 11) is 0. The van der Waals surface area contributed by atoms with Gasteiger partial charge >= 0.3 is 6.16 Å². The monoisotopic (exact) mass is 234 g/mol. The average Bonchev–Trinajstić information content (AvgIpc) is 2.78. The van der Waals surface area contributed by atoms with Crippen LogP contribution in [0.5, 0.6) is 0 Å². The number of cyclic esters (lactones) is 2. The lowest BCUT2D eigenvalue weighted by Gasteiger charge is -2.17. The Balaban J connectivity index is 1.98. The third kappa shape index (κ3) is 1.99. The van der Waals surface area contributed by atoms with Crippen LogP contribution in [0.15, 0.2) is 0 Å². The van der Waals surface area contributed by atoms with Crippen LogP contribution in [0.4, 0.5) is 4.79 Å². The zero-order valence-electron chi connectivity index (χ0n) is 8.74. The van der Waals surface area contributed by atoms with Gasteiger partial charge in [-0.3, -0.25) is 0 Å². The molecule has 2 heterocycles. The molecule has 0 radical (unpaired) electrons. The van der Waals surface area contributed by atoms with E-state index in [4.69, 9.17) is 14.2 Å². The van der Waals surface area contributed by atoms with Gasteiger partial charge in [0.25, 0.3) is 0 Å². The lowest BCUT2D eigenvalue weighted by molar-refractivity contribution is -0.172. The Kier molecular flexibility index (Phi) is 3.29. The fourth-order valence-corrected chi connectivity index (χ4v) is 1.78. The quantitative estimate of drug-likeness (QED) is 0.605. The van der Waals surface area contributed by atoms with Crippen molar-refractivity contribution < 1.29 is 34.0 Å². The van der Waals surface area contributed by atoms with E-state index in [-0.39, 0.29) is 6.61 Å². The van der Waals surface area contributed by atoms with Gasteiger partial charge < -0.3 is 29.2 Å². The molecule has 5 unspecified atom stereocenters. The molecule has 2 saturated heterocycles. The molecule has 0 amide bonds. The second-order valence-electron chi connectivity index (χ2n) is 3.62. The Morgan fingerprint density at radius 1 is 1.44 bits per heavy atom. The molecule has 2 rings (SSSR count). The van der Waals surface area contributed by atoms with Gasteiger partial charge in [0.1, 0.15) is 24.9 Å². The summed E-state index contributed by atoms with van der Waals surface area (Å²) >= 11 is 0. The number of aliphatic hydroxyl groups excluding tert-OH is 2. The maximum absolute atomic E-state index is 10.7. The van der Waals surface area contributed by atoms with E-state index in [2.05, 4.69) is 4.74 Å². The Morgan fingerprint density at radius 2 is 2.19 bits per heavy atom. The molecule has 2 aliphatic heterocycles. The van der Waals surface area contributed by atoms with E-state index in [0.717, 1.165) is 0 Å². The van der Waals surface area contributed by atoms with E-state index in [1.807, 2.05) is 0 Å². The summed E-state index contributed by atoms with van der Waals surface area (Å²) in [6.45, 7) is 2.10. The first kappa shape index (κ1) is 11.6. The van der Waals surface area contributed by atoms with E-state index < -0.39 is 36.9 Å². The summed E-state index contributed by atoms with van der Waals surface area (Å²) in [5, 5.41) is 19.3. The highest BCUT2D eigenvalue weighted by molar-refractivity contribution is 5.62. The van der Waals surface area contributed by atoms with Crippen molar-refractivity contribution in [3.05, 3.63) is 0 Å². The number of carbonyl (C=O) groups is 1. The molecule has 2 aliphatic rings. The normalized spacial score (nSPS) is 43.2. The summed E-state index contributed by atoms with van der Waals surface area (Å²) in [6.07, 6.45) is -5.53. The second kappa shape index (κ2) is 4.54. The minimum atomic E-state index is -1.16. The summed E-state index contributed by atoms with van der Waals surface area (Å²) < 4.78 is 19.7.